The molecule has 1 fully saturated rings. The first-order valence-electron chi connectivity index (χ1n) is 10.1. The van der Waals surface area contributed by atoms with Gasteiger partial charge in [0.05, 0.1) is 5.92 Å². The smallest absolute Gasteiger partial charge is 0.308 e. The molecule has 4 rings (SSSR count). The summed E-state index contributed by atoms with van der Waals surface area (Å²) >= 11 is 6.01. The van der Waals surface area contributed by atoms with Crippen LogP contribution in [-0.2, 0) is 21.2 Å². The summed E-state index contributed by atoms with van der Waals surface area (Å²) < 4.78 is 29.1. The Morgan fingerprint density at radius 1 is 1.10 bits per heavy atom. The number of piperazine rings is 1. The maximum atomic E-state index is 13.8. The fraction of sp³-hybridized carbons (Fsp3) is 0.409. The third-order valence-corrected chi connectivity index (χ3v) is 8.93. The first kappa shape index (κ1) is 21.3. The number of halogens is 1. The van der Waals surface area contributed by atoms with Crippen LogP contribution in [0.15, 0.2) is 42.5 Å². The average Bonchev–Trinajstić information content (AvgIpc) is 3.09. The highest BCUT2D eigenvalue weighted by Gasteiger charge is 2.50. The van der Waals surface area contributed by atoms with Gasteiger partial charge >= 0.3 is 5.97 Å². The standard InChI is InChI=1S/C22H25ClN2O4S/c1-13-11-24-12-14(2)25(13)30(28,29)21-18-5-3-4-17(15-6-8-16(23)9-7-15)19(18)10-20(21)22(26)27/h3-9,13-14,20-21,24H,10-12H2,1-2H3,(H,26,27). The molecule has 4 unspecified atom stereocenters. The summed E-state index contributed by atoms with van der Waals surface area (Å²) in [6.45, 7) is 4.81. The average molecular weight is 449 g/mol. The largest absolute Gasteiger partial charge is 0.481 e. The van der Waals surface area contributed by atoms with E-state index < -0.39 is 27.2 Å². The van der Waals surface area contributed by atoms with Gasteiger partial charge in [0.25, 0.3) is 0 Å². The van der Waals surface area contributed by atoms with Gasteiger partial charge in [0.2, 0.25) is 10.0 Å². The number of nitrogens with one attached hydrogen (secondary N) is 1. The first-order valence-corrected chi connectivity index (χ1v) is 11.9. The number of fused-ring (bicyclic) bond motifs is 1. The van der Waals surface area contributed by atoms with Crippen LogP contribution in [0, 0.1) is 5.92 Å². The Kier molecular flexibility index (Phi) is 5.66. The van der Waals surface area contributed by atoms with Crippen LogP contribution in [0.2, 0.25) is 5.02 Å². The summed E-state index contributed by atoms with van der Waals surface area (Å²) in [5.74, 6) is -2.11. The van der Waals surface area contributed by atoms with E-state index in [1.807, 2.05) is 32.0 Å². The van der Waals surface area contributed by atoms with Crippen molar-refractivity contribution in [2.24, 2.45) is 5.92 Å². The fourth-order valence-corrected chi connectivity index (χ4v) is 7.59. The van der Waals surface area contributed by atoms with Crippen molar-refractivity contribution >= 4 is 27.6 Å². The second kappa shape index (κ2) is 7.96. The van der Waals surface area contributed by atoms with Crippen molar-refractivity contribution < 1.29 is 18.3 Å². The Balaban J connectivity index is 1.84. The fourth-order valence-electron chi connectivity index (χ4n) is 4.88. The Bertz CT molecular complexity index is 1060. The van der Waals surface area contributed by atoms with Gasteiger partial charge in [-0.3, -0.25) is 4.79 Å². The Labute approximate surface area is 181 Å². The number of benzene rings is 2. The predicted octanol–water partition coefficient (Wildman–Crippen LogP) is 3.32. The molecule has 2 aliphatic rings. The molecule has 0 spiro atoms. The lowest BCUT2D eigenvalue weighted by molar-refractivity contribution is -0.141. The topological polar surface area (TPSA) is 86.7 Å². The molecule has 1 aliphatic heterocycles. The zero-order valence-electron chi connectivity index (χ0n) is 16.9. The molecule has 160 valence electrons. The Hall–Kier alpha value is -1.93. The number of rotatable bonds is 4. The zero-order chi connectivity index (χ0) is 21.6. The van der Waals surface area contributed by atoms with E-state index in [0.29, 0.717) is 23.7 Å². The van der Waals surface area contributed by atoms with E-state index in [-0.39, 0.29) is 18.5 Å². The maximum absolute atomic E-state index is 13.8. The molecule has 30 heavy (non-hydrogen) atoms. The van der Waals surface area contributed by atoms with Gasteiger partial charge in [-0.1, -0.05) is 41.9 Å². The van der Waals surface area contributed by atoms with Gasteiger partial charge in [-0.15, -0.1) is 0 Å². The highest BCUT2D eigenvalue weighted by molar-refractivity contribution is 7.89. The number of carboxylic acids is 1. The van der Waals surface area contributed by atoms with Crippen molar-refractivity contribution in [2.45, 2.75) is 37.6 Å². The number of hydrogen-bond donors (Lipinski definition) is 2. The van der Waals surface area contributed by atoms with Gasteiger partial charge in [0.1, 0.15) is 5.25 Å². The van der Waals surface area contributed by atoms with Gasteiger partial charge in [0.15, 0.2) is 0 Å². The first-order chi connectivity index (χ1) is 14.2. The van der Waals surface area contributed by atoms with Gasteiger partial charge in [0, 0.05) is 30.2 Å². The molecule has 2 aromatic carbocycles. The minimum atomic E-state index is -3.88. The molecule has 1 saturated heterocycles. The van der Waals surface area contributed by atoms with Crippen LogP contribution in [0.1, 0.15) is 30.2 Å². The third-order valence-electron chi connectivity index (χ3n) is 6.14. The molecular formula is C22H25ClN2O4S. The highest BCUT2D eigenvalue weighted by Crippen LogP contribution is 2.47. The van der Waals surface area contributed by atoms with Crippen molar-refractivity contribution in [3.63, 3.8) is 0 Å². The number of carbonyl (C=O) groups is 1. The summed E-state index contributed by atoms with van der Waals surface area (Å²) in [6.07, 6.45) is 0.183. The van der Waals surface area contributed by atoms with Crippen molar-refractivity contribution in [2.75, 3.05) is 13.1 Å². The minimum absolute atomic E-state index is 0.183. The number of hydrogen-bond acceptors (Lipinski definition) is 4. The Morgan fingerprint density at radius 3 is 2.33 bits per heavy atom. The number of carboxylic acid groups (broad SMARTS) is 1. The molecule has 2 N–H and O–H groups in total. The van der Waals surface area contributed by atoms with Gasteiger partial charge in [-0.2, -0.15) is 4.31 Å². The maximum Gasteiger partial charge on any atom is 0.308 e. The summed E-state index contributed by atoms with van der Waals surface area (Å²) in [7, 11) is -3.88. The van der Waals surface area contributed by atoms with Crippen molar-refractivity contribution in [3.8, 4) is 11.1 Å². The van der Waals surface area contributed by atoms with E-state index in [9.17, 15) is 18.3 Å². The second-order valence-corrected chi connectivity index (χ2v) is 10.6. The van der Waals surface area contributed by atoms with Gasteiger partial charge in [-0.05, 0) is 54.7 Å². The van der Waals surface area contributed by atoms with Crippen LogP contribution in [-0.4, -0.2) is 49.0 Å². The van der Waals surface area contributed by atoms with Crippen LogP contribution in [0.5, 0.6) is 0 Å². The number of aliphatic carboxylic acids is 1. The second-order valence-electron chi connectivity index (χ2n) is 8.18. The van der Waals surface area contributed by atoms with Crippen LogP contribution < -0.4 is 5.32 Å². The molecule has 0 bridgehead atoms. The third kappa shape index (κ3) is 3.54. The lowest BCUT2D eigenvalue weighted by atomic mass is 9.97. The van der Waals surface area contributed by atoms with Crippen molar-refractivity contribution in [3.05, 3.63) is 58.6 Å². The van der Waals surface area contributed by atoms with Crippen LogP contribution in [0.25, 0.3) is 11.1 Å². The molecular weight excluding hydrogens is 424 g/mol. The SMILES string of the molecule is CC1CNCC(C)N1S(=O)(=O)C1c2cccc(-c3ccc(Cl)cc3)c2CC1C(=O)O. The normalized spacial score (nSPS) is 27.0. The molecule has 2 aromatic rings. The van der Waals surface area contributed by atoms with E-state index in [1.54, 1.807) is 24.3 Å². The predicted molar refractivity (Wildman–Crippen MR) is 117 cm³/mol. The van der Waals surface area contributed by atoms with Crippen LogP contribution in [0.4, 0.5) is 0 Å². The number of sulfonamides is 1. The molecule has 1 heterocycles. The summed E-state index contributed by atoms with van der Waals surface area (Å²) in [5.41, 5.74) is 3.13. The zero-order valence-corrected chi connectivity index (χ0v) is 18.4. The van der Waals surface area contributed by atoms with Crippen molar-refractivity contribution in [1.82, 2.24) is 9.62 Å². The summed E-state index contributed by atoms with van der Waals surface area (Å²) in [4.78, 5) is 12.2. The molecule has 0 saturated carbocycles. The van der Waals surface area contributed by atoms with E-state index in [0.717, 1.165) is 16.7 Å². The summed E-state index contributed by atoms with van der Waals surface area (Å²) in [5, 5.41) is 12.7. The molecule has 0 radical (unpaired) electrons. The van der Waals surface area contributed by atoms with Crippen LogP contribution >= 0.6 is 11.6 Å². The highest BCUT2D eigenvalue weighted by atomic mass is 35.5. The van der Waals surface area contributed by atoms with E-state index in [1.165, 1.54) is 4.31 Å². The molecule has 4 atom stereocenters. The van der Waals surface area contributed by atoms with E-state index in [4.69, 9.17) is 11.6 Å². The molecule has 6 nitrogen and oxygen atoms in total. The summed E-state index contributed by atoms with van der Waals surface area (Å²) in [6, 6.07) is 12.3. The Morgan fingerprint density at radius 2 is 1.73 bits per heavy atom. The minimum Gasteiger partial charge on any atom is -0.481 e. The quantitative estimate of drug-likeness (QED) is 0.749. The van der Waals surface area contributed by atoms with E-state index in [2.05, 4.69) is 5.32 Å². The molecule has 8 heteroatoms. The molecule has 1 aliphatic carbocycles. The van der Waals surface area contributed by atoms with Crippen LogP contribution in [0.3, 0.4) is 0 Å². The van der Waals surface area contributed by atoms with E-state index >= 15 is 0 Å². The molecule has 0 aromatic heterocycles. The van der Waals surface area contributed by atoms with Gasteiger partial charge < -0.3 is 10.4 Å². The molecule has 0 amide bonds. The number of nitrogens with zero attached hydrogens (tertiary/aromatic N) is 1. The lowest BCUT2D eigenvalue weighted by Gasteiger charge is -2.40. The van der Waals surface area contributed by atoms with Crippen molar-refractivity contribution in [1.29, 1.82) is 0 Å². The lowest BCUT2D eigenvalue weighted by Crippen LogP contribution is -2.58. The van der Waals surface area contributed by atoms with Gasteiger partial charge in [-0.25, -0.2) is 8.42 Å². The monoisotopic (exact) mass is 448 g/mol.